The Morgan fingerprint density at radius 3 is 3.18 bits per heavy atom. The molecule has 1 unspecified atom stereocenters. The SMILES string of the molecule is Cc1cccc(NC(N)=NCC2CCCS2)c1. The summed E-state index contributed by atoms with van der Waals surface area (Å²) in [5.41, 5.74) is 8.09. The van der Waals surface area contributed by atoms with Gasteiger partial charge in [-0.1, -0.05) is 12.1 Å². The molecule has 3 nitrogen and oxygen atoms in total. The van der Waals surface area contributed by atoms with Gasteiger partial charge in [-0.05, 0) is 43.2 Å². The van der Waals surface area contributed by atoms with Gasteiger partial charge in [0, 0.05) is 10.9 Å². The van der Waals surface area contributed by atoms with Gasteiger partial charge in [-0.2, -0.15) is 11.8 Å². The molecule has 4 heteroatoms. The number of aryl methyl sites for hydroxylation is 1. The van der Waals surface area contributed by atoms with E-state index in [0.717, 1.165) is 12.2 Å². The van der Waals surface area contributed by atoms with Gasteiger partial charge >= 0.3 is 0 Å². The minimum absolute atomic E-state index is 0.517. The van der Waals surface area contributed by atoms with Crippen LogP contribution in [0.4, 0.5) is 5.69 Å². The third kappa shape index (κ3) is 3.97. The lowest BCUT2D eigenvalue weighted by Crippen LogP contribution is -2.24. The molecule has 0 spiro atoms. The van der Waals surface area contributed by atoms with E-state index in [1.165, 1.54) is 24.2 Å². The smallest absolute Gasteiger partial charge is 0.193 e. The second kappa shape index (κ2) is 5.96. The number of hydrogen-bond acceptors (Lipinski definition) is 2. The van der Waals surface area contributed by atoms with Crippen LogP contribution >= 0.6 is 11.8 Å². The van der Waals surface area contributed by atoms with Crippen molar-refractivity contribution in [2.45, 2.75) is 25.0 Å². The van der Waals surface area contributed by atoms with Crippen LogP contribution in [0.2, 0.25) is 0 Å². The number of benzene rings is 1. The number of nitrogens with zero attached hydrogens (tertiary/aromatic N) is 1. The molecule has 3 N–H and O–H groups in total. The van der Waals surface area contributed by atoms with Crippen LogP contribution in [0.25, 0.3) is 0 Å². The minimum atomic E-state index is 0.517. The van der Waals surface area contributed by atoms with Gasteiger partial charge in [0.2, 0.25) is 0 Å². The second-order valence-corrected chi connectivity index (χ2v) is 5.76. The van der Waals surface area contributed by atoms with Gasteiger partial charge < -0.3 is 11.1 Å². The topological polar surface area (TPSA) is 50.4 Å². The summed E-state index contributed by atoms with van der Waals surface area (Å²) >= 11 is 2.00. The lowest BCUT2D eigenvalue weighted by molar-refractivity contribution is 0.786. The zero-order chi connectivity index (χ0) is 12.1. The Labute approximate surface area is 107 Å². The standard InChI is InChI=1S/C13H19N3S/c1-10-4-2-5-11(8-10)16-13(14)15-9-12-6-3-7-17-12/h2,4-5,8,12H,3,6-7,9H2,1H3,(H3,14,15,16). The third-order valence-corrected chi connectivity index (χ3v) is 4.16. The Morgan fingerprint density at radius 2 is 2.47 bits per heavy atom. The Kier molecular flexibility index (Phi) is 4.31. The van der Waals surface area contributed by atoms with E-state index in [9.17, 15) is 0 Å². The van der Waals surface area contributed by atoms with Crippen molar-refractivity contribution in [1.29, 1.82) is 0 Å². The van der Waals surface area contributed by atoms with Crippen molar-refractivity contribution in [1.82, 2.24) is 0 Å². The molecular weight excluding hydrogens is 230 g/mol. The summed E-state index contributed by atoms with van der Waals surface area (Å²) in [7, 11) is 0. The van der Waals surface area contributed by atoms with E-state index >= 15 is 0 Å². The summed E-state index contributed by atoms with van der Waals surface area (Å²) in [5, 5.41) is 3.79. The first-order valence-corrected chi connectivity index (χ1v) is 7.04. The maximum atomic E-state index is 5.86. The number of nitrogens with two attached hydrogens (primary N) is 1. The molecule has 92 valence electrons. The van der Waals surface area contributed by atoms with Crippen molar-refractivity contribution in [2.75, 3.05) is 17.6 Å². The van der Waals surface area contributed by atoms with E-state index in [-0.39, 0.29) is 0 Å². The van der Waals surface area contributed by atoms with Gasteiger partial charge in [0.1, 0.15) is 0 Å². The van der Waals surface area contributed by atoms with Crippen molar-refractivity contribution in [2.24, 2.45) is 10.7 Å². The summed E-state index contributed by atoms with van der Waals surface area (Å²) < 4.78 is 0. The molecule has 1 saturated heterocycles. The Hall–Kier alpha value is -1.16. The van der Waals surface area contributed by atoms with Gasteiger partial charge in [0.15, 0.2) is 5.96 Å². The highest BCUT2D eigenvalue weighted by molar-refractivity contribution is 8.00. The summed E-state index contributed by atoms with van der Waals surface area (Å²) in [4.78, 5) is 4.39. The molecule has 0 aliphatic carbocycles. The Balaban J connectivity index is 1.87. The van der Waals surface area contributed by atoms with Crippen LogP contribution in [0, 0.1) is 6.92 Å². The Bertz CT molecular complexity index is 397. The van der Waals surface area contributed by atoms with Crippen molar-refractivity contribution in [3.05, 3.63) is 29.8 Å². The van der Waals surface area contributed by atoms with E-state index in [1.807, 2.05) is 23.9 Å². The number of guanidine groups is 1. The summed E-state index contributed by atoms with van der Waals surface area (Å²) in [6.45, 7) is 2.89. The van der Waals surface area contributed by atoms with Gasteiger partial charge in [0.05, 0.1) is 6.54 Å². The highest BCUT2D eigenvalue weighted by atomic mass is 32.2. The summed E-state index contributed by atoms with van der Waals surface area (Å²) in [6, 6.07) is 8.14. The minimum Gasteiger partial charge on any atom is -0.370 e. The van der Waals surface area contributed by atoms with E-state index in [4.69, 9.17) is 5.73 Å². The molecule has 0 saturated carbocycles. The highest BCUT2D eigenvalue weighted by Crippen LogP contribution is 2.26. The van der Waals surface area contributed by atoms with Gasteiger partial charge in [-0.25, -0.2) is 0 Å². The molecule has 1 aromatic carbocycles. The fraction of sp³-hybridized carbons (Fsp3) is 0.462. The lowest BCUT2D eigenvalue weighted by atomic mass is 10.2. The largest absolute Gasteiger partial charge is 0.370 e. The molecule has 2 rings (SSSR count). The molecule has 1 fully saturated rings. The normalized spacial score (nSPS) is 20.5. The van der Waals surface area contributed by atoms with Crippen LogP contribution in [0.1, 0.15) is 18.4 Å². The molecule has 1 atom stereocenters. The van der Waals surface area contributed by atoms with Crippen LogP contribution < -0.4 is 11.1 Å². The van der Waals surface area contributed by atoms with Gasteiger partial charge in [0.25, 0.3) is 0 Å². The molecule has 1 aliphatic rings. The number of nitrogens with one attached hydrogen (secondary N) is 1. The Morgan fingerprint density at radius 1 is 1.59 bits per heavy atom. The predicted octanol–water partition coefficient (Wildman–Crippen LogP) is 2.62. The van der Waals surface area contributed by atoms with Crippen molar-refractivity contribution in [3.8, 4) is 0 Å². The number of hydrogen-bond donors (Lipinski definition) is 2. The zero-order valence-electron chi connectivity index (χ0n) is 10.1. The maximum absolute atomic E-state index is 5.86. The summed E-state index contributed by atoms with van der Waals surface area (Å²) in [5.74, 6) is 1.79. The van der Waals surface area contributed by atoms with Gasteiger partial charge in [-0.3, -0.25) is 4.99 Å². The van der Waals surface area contributed by atoms with Crippen LogP contribution in [0.3, 0.4) is 0 Å². The van der Waals surface area contributed by atoms with E-state index in [0.29, 0.717) is 11.2 Å². The molecule has 1 aromatic rings. The van der Waals surface area contributed by atoms with Gasteiger partial charge in [-0.15, -0.1) is 0 Å². The quantitative estimate of drug-likeness (QED) is 0.639. The van der Waals surface area contributed by atoms with Crippen LogP contribution in [-0.4, -0.2) is 23.5 Å². The number of anilines is 1. The van der Waals surface area contributed by atoms with E-state index in [1.54, 1.807) is 0 Å². The number of aliphatic imine (C=N–C) groups is 1. The zero-order valence-corrected chi connectivity index (χ0v) is 11.0. The number of rotatable bonds is 3. The van der Waals surface area contributed by atoms with Crippen LogP contribution in [0.5, 0.6) is 0 Å². The van der Waals surface area contributed by atoms with Crippen LogP contribution in [0.15, 0.2) is 29.3 Å². The first kappa shape index (κ1) is 12.3. The molecular formula is C13H19N3S. The third-order valence-electron chi connectivity index (χ3n) is 2.78. The fourth-order valence-electron chi connectivity index (χ4n) is 1.90. The van der Waals surface area contributed by atoms with Crippen molar-refractivity contribution >= 4 is 23.4 Å². The molecule has 0 bridgehead atoms. The molecule has 0 amide bonds. The molecule has 0 radical (unpaired) electrons. The maximum Gasteiger partial charge on any atom is 0.193 e. The predicted molar refractivity (Wildman–Crippen MR) is 76.8 cm³/mol. The fourth-order valence-corrected chi connectivity index (χ4v) is 3.08. The van der Waals surface area contributed by atoms with Crippen molar-refractivity contribution < 1.29 is 0 Å². The summed E-state index contributed by atoms with van der Waals surface area (Å²) in [6.07, 6.45) is 2.59. The highest BCUT2D eigenvalue weighted by Gasteiger charge is 2.14. The van der Waals surface area contributed by atoms with Crippen molar-refractivity contribution in [3.63, 3.8) is 0 Å². The molecule has 1 heterocycles. The molecule has 17 heavy (non-hydrogen) atoms. The second-order valence-electron chi connectivity index (χ2n) is 4.36. The lowest BCUT2D eigenvalue weighted by Gasteiger charge is -2.08. The van der Waals surface area contributed by atoms with E-state index in [2.05, 4.69) is 29.4 Å². The number of thioether (sulfide) groups is 1. The molecule has 0 aromatic heterocycles. The first-order chi connectivity index (χ1) is 8.24. The van der Waals surface area contributed by atoms with Crippen LogP contribution in [-0.2, 0) is 0 Å². The first-order valence-electron chi connectivity index (χ1n) is 5.99. The van der Waals surface area contributed by atoms with E-state index < -0.39 is 0 Å². The molecule has 1 aliphatic heterocycles. The monoisotopic (exact) mass is 249 g/mol. The average molecular weight is 249 g/mol. The average Bonchev–Trinajstić information content (AvgIpc) is 2.79.